The highest BCUT2D eigenvalue weighted by Crippen LogP contribution is 2.17. The molecule has 1 aromatic carbocycles. The molecule has 1 heterocycles. The number of primary amides is 1. The molecule has 0 atom stereocenters. The van der Waals surface area contributed by atoms with Gasteiger partial charge in [-0.05, 0) is 45.4 Å². The molecule has 5 nitrogen and oxygen atoms in total. The van der Waals surface area contributed by atoms with E-state index < -0.39 is 5.91 Å². The molecule has 0 bridgehead atoms. The smallest absolute Gasteiger partial charge is 0.269 e. The lowest BCUT2D eigenvalue weighted by atomic mass is 10.1. The summed E-state index contributed by atoms with van der Waals surface area (Å²) in [5.41, 5.74) is 8.82. The third kappa shape index (κ3) is 3.92. The van der Waals surface area contributed by atoms with Crippen LogP contribution in [0.3, 0.4) is 0 Å². The maximum Gasteiger partial charge on any atom is 0.269 e. The van der Waals surface area contributed by atoms with E-state index >= 15 is 0 Å². The van der Waals surface area contributed by atoms with Crippen LogP contribution in [0.2, 0.25) is 0 Å². The van der Waals surface area contributed by atoms with Crippen molar-refractivity contribution in [3.05, 3.63) is 47.3 Å². The van der Waals surface area contributed by atoms with Crippen molar-refractivity contribution in [2.24, 2.45) is 5.73 Å². The number of amides is 1. The number of aromatic nitrogens is 2. The quantitative estimate of drug-likeness (QED) is 0.904. The Hall–Kier alpha value is -2.14. The topological polar surface area (TPSA) is 72.9 Å². The SMILES string of the molecule is Cc1ccc(-n2ccc(C(N)=O)n2)c(CNC(C)(C)C)c1. The summed E-state index contributed by atoms with van der Waals surface area (Å²) in [6.45, 7) is 9.17. The number of aryl methyl sites for hydroxylation is 1. The van der Waals surface area contributed by atoms with Gasteiger partial charge in [-0.3, -0.25) is 4.79 Å². The largest absolute Gasteiger partial charge is 0.364 e. The Morgan fingerprint density at radius 2 is 2.05 bits per heavy atom. The van der Waals surface area contributed by atoms with E-state index in [-0.39, 0.29) is 11.2 Å². The van der Waals surface area contributed by atoms with Crippen LogP contribution in [0, 0.1) is 6.92 Å². The van der Waals surface area contributed by atoms with E-state index in [4.69, 9.17) is 5.73 Å². The summed E-state index contributed by atoms with van der Waals surface area (Å²) >= 11 is 0. The number of carbonyl (C=O) groups is 1. The predicted octanol–water partition coefficient (Wildman–Crippen LogP) is 2.17. The maximum absolute atomic E-state index is 11.2. The van der Waals surface area contributed by atoms with Crippen LogP contribution < -0.4 is 11.1 Å². The zero-order valence-corrected chi connectivity index (χ0v) is 13.0. The second-order valence-corrected chi connectivity index (χ2v) is 6.25. The third-order valence-corrected chi connectivity index (χ3v) is 3.13. The highest BCUT2D eigenvalue weighted by Gasteiger charge is 2.13. The number of nitrogens with one attached hydrogen (secondary N) is 1. The summed E-state index contributed by atoms with van der Waals surface area (Å²) in [7, 11) is 0. The summed E-state index contributed by atoms with van der Waals surface area (Å²) < 4.78 is 1.69. The van der Waals surface area contributed by atoms with Crippen molar-refractivity contribution in [1.82, 2.24) is 15.1 Å². The Bertz CT molecular complexity index is 653. The zero-order valence-electron chi connectivity index (χ0n) is 13.0. The lowest BCUT2D eigenvalue weighted by molar-refractivity contribution is 0.0995. The molecule has 0 aliphatic carbocycles. The summed E-state index contributed by atoms with van der Waals surface area (Å²) in [5.74, 6) is -0.518. The number of rotatable bonds is 4. The normalized spacial score (nSPS) is 11.6. The Morgan fingerprint density at radius 3 is 2.62 bits per heavy atom. The first kappa shape index (κ1) is 15.3. The van der Waals surface area contributed by atoms with E-state index in [2.05, 4.69) is 44.2 Å². The highest BCUT2D eigenvalue weighted by molar-refractivity contribution is 5.90. The first-order valence-electron chi connectivity index (χ1n) is 6.97. The van der Waals surface area contributed by atoms with Crippen LogP contribution in [0.5, 0.6) is 0 Å². The second kappa shape index (κ2) is 5.69. The van der Waals surface area contributed by atoms with E-state index in [1.165, 1.54) is 5.56 Å². The number of hydrogen-bond acceptors (Lipinski definition) is 3. The average molecular weight is 286 g/mol. The monoisotopic (exact) mass is 286 g/mol. The fourth-order valence-corrected chi connectivity index (χ4v) is 2.03. The molecule has 0 spiro atoms. The molecule has 0 saturated carbocycles. The molecule has 0 unspecified atom stereocenters. The first-order valence-corrected chi connectivity index (χ1v) is 6.97. The molecule has 21 heavy (non-hydrogen) atoms. The lowest BCUT2D eigenvalue weighted by Crippen LogP contribution is -2.35. The predicted molar refractivity (Wildman–Crippen MR) is 83.4 cm³/mol. The Kier molecular flexibility index (Phi) is 4.14. The zero-order chi connectivity index (χ0) is 15.6. The number of nitrogens with zero attached hydrogens (tertiary/aromatic N) is 2. The molecule has 0 radical (unpaired) electrons. The van der Waals surface area contributed by atoms with Crippen molar-refractivity contribution >= 4 is 5.91 Å². The molecular formula is C16H22N4O. The Morgan fingerprint density at radius 1 is 1.33 bits per heavy atom. The fraction of sp³-hybridized carbons (Fsp3) is 0.375. The van der Waals surface area contributed by atoms with Gasteiger partial charge in [0.1, 0.15) is 5.69 Å². The molecule has 0 aliphatic heterocycles. The molecule has 0 saturated heterocycles. The molecule has 2 aromatic rings. The highest BCUT2D eigenvalue weighted by atomic mass is 16.1. The average Bonchev–Trinajstić information content (AvgIpc) is 2.85. The van der Waals surface area contributed by atoms with Crippen LogP contribution in [-0.4, -0.2) is 21.2 Å². The van der Waals surface area contributed by atoms with Crippen molar-refractivity contribution in [3.63, 3.8) is 0 Å². The minimum atomic E-state index is -0.518. The van der Waals surface area contributed by atoms with E-state index in [0.29, 0.717) is 0 Å². The fourth-order valence-electron chi connectivity index (χ4n) is 2.03. The summed E-state index contributed by atoms with van der Waals surface area (Å²) in [4.78, 5) is 11.2. The molecule has 5 heteroatoms. The summed E-state index contributed by atoms with van der Waals surface area (Å²) in [5, 5.41) is 7.70. The van der Waals surface area contributed by atoms with Gasteiger partial charge >= 0.3 is 0 Å². The molecular weight excluding hydrogens is 264 g/mol. The summed E-state index contributed by atoms with van der Waals surface area (Å²) in [6, 6.07) is 7.79. The van der Waals surface area contributed by atoms with Gasteiger partial charge in [0.2, 0.25) is 0 Å². The third-order valence-electron chi connectivity index (χ3n) is 3.13. The van der Waals surface area contributed by atoms with E-state index in [0.717, 1.165) is 17.8 Å². The molecule has 1 amide bonds. The van der Waals surface area contributed by atoms with Gasteiger partial charge in [0.25, 0.3) is 5.91 Å². The number of nitrogens with two attached hydrogens (primary N) is 1. The van der Waals surface area contributed by atoms with E-state index in [9.17, 15) is 4.79 Å². The van der Waals surface area contributed by atoms with E-state index in [1.807, 2.05) is 12.1 Å². The first-order chi connectivity index (χ1) is 9.76. The molecule has 1 aromatic heterocycles. The second-order valence-electron chi connectivity index (χ2n) is 6.25. The maximum atomic E-state index is 11.2. The molecule has 3 N–H and O–H groups in total. The van der Waals surface area contributed by atoms with Crippen LogP contribution in [-0.2, 0) is 6.54 Å². The Labute approximate surface area is 125 Å². The van der Waals surface area contributed by atoms with Crippen LogP contribution >= 0.6 is 0 Å². The van der Waals surface area contributed by atoms with Gasteiger partial charge in [0.05, 0.1) is 5.69 Å². The molecule has 112 valence electrons. The molecule has 0 aliphatic rings. The van der Waals surface area contributed by atoms with Crippen molar-refractivity contribution in [3.8, 4) is 5.69 Å². The summed E-state index contributed by atoms with van der Waals surface area (Å²) in [6.07, 6.45) is 1.76. The van der Waals surface area contributed by atoms with Gasteiger partial charge in [0, 0.05) is 18.3 Å². The molecule has 2 rings (SSSR count). The van der Waals surface area contributed by atoms with Crippen LogP contribution in [0.15, 0.2) is 30.5 Å². The van der Waals surface area contributed by atoms with Crippen molar-refractivity contribution < 1.29 is 4.79 Å². The van der Waals surface area contributed by atoms with Crippen LogP contribution in [0.4, 0.5) is 0 Å². The van der Waals surface area contributed by atoms with Crippen molar-refractivity contribution in [2.75, 3.05) is 0 Å². The van der Waals surface area contributed by atoms with Gasteiger partial charge in [-0.2, -0.15) is 5.10 Å². The van der Waals surface area contributed by atoms with Crippen molar-refractivity contribution in [2.45, 2.75) is 39.8 Å². The standard InChI is InChI=1S/C16H22N4O/c1-11-5-6-14(12(9-11)10-18-16(2,3)4)20-8-7-13(19-20)15(17)21/h5-9,18H,10H2,1-4H3,(H2,17,21). The van der Waals surface area contributed by atoms with E-state index in [1.54, 1.807) is 16.9 Å². The van der Waals surface area contributed by atoms with Gasteiger partial charge in [-0.25, -0.2) is 4.68 Å². The van der Waals surface area contributed by atoms with Gasteiger partial charge in [-0.15, -0.1) is 0 Å². The van der Waals surface area contributed by atoms with Crippen molar-refractivity contribution in [1.29, 1.82) is 0 Å². The molecule has 0 fully saturated rings. The minimum absolute atomic E-state index is 0.0313. The van der Waals surface area contributed by atoms with Gasteiger partial charge in [0.15, 0.2) is 0 Å². The van der Waals surface area contributed by atoms with Gasteiger partial charge < -0.3 is 11.1 Å². The number of benzene rings is 1. The van der Waals surface area contributed by atoms with Crippen LogP contribution in [0.25, 0.3) is 5.69 Å². The van der Waals surface area contributed by atoms with Gasteiger partial charge in [-0.1, -0.05) is 17.7 Å². The Balaban J connectivity index is 2.35. The number of hydrogen-bond donors (Lipinski definition) is 2. The van der Waals surface area contributed by atoms with Crippen LogP contribution in [0.1, 0.15) is 42.4 Å². The minimum Gasteiger partial charge on any atom is -0.364 e. The number of carbonyl (C=O) groups excluding carboxylic acids is 1. The lowest BCUT2D eigenvalue weighted by Gasteiger charge is -2.22.